The zero-order valence-electron chi connectivity index (χ0n) is 11.7. The lowest BCUT2D eigenvalue weighted by Crippen LogP contribution is -2.29. The van der Waals surface area contributed by atoms with Crippen LogP contribution in [0.25, 0.3) is 0 Å². The molecule has 0 bridgehead atoms. The third kappa shape index (κ3) is 2.09. The number of rotatable bonds is 4. The minimum Gasteiger partial charge on any atom is -0.469 e. The molecule has 4 heteroatoms. The van der Waals surface area contributed by atoms with Gasteiger partial charge in [0.25, 0.3) is 0 Å². The average Bonchev–Trinajstić information content (AvgIpc) is 3.23. The number of nitrogens with zero attached hydrogens (tertiary/aromatic N) is 1. The van der Waals surface area contributed by atoms with Crippen LogP contribution in [0.15, 0.2) is 30.3 Å². The van der Waals surface area contributed by atoms with Gasteiger partial charge in [0, 0.05) is 13.1 Å². The number of likely N-dealkylation sites (tertiary alicyclic amines) is 1. The summed E-state index contributed by atoms with van der Waals surface area (Å²) in [6.45, 7) is 1.19. The third-order valence-electron chi connectivity index (χ3n) is 4.57. The van der Waals surface area contributed by atoms with Gasteiger partial charge in [-0.2, -0.15) is 0 Å². The summed E-state index contributed by atoms with van der Waals surface area (Å²) in [5, 5.41) is 0. The van der Waals surface area contributed by atoms with Crippen LogP contribution in [0.4, 0.5) is 0 Å². The molecule has 1 saturated heterocycles. The van der Waals surface area contributed by atoms with Crippen molar-refractivity contribution in [2.45, 2.75) is 19.3 Å². The van der Waals surface area contributed by atoms with Crippen LogP contribution >= 0.6 is 0 Å². The highest BCUT2D eigenvalue weighted by atomic mass is 16.5. The first-order valence-electron chi connectivity index (χ1n) is 7.08. The van der Waals surface area contributed by atoms with Crippen molar-refractivity contribution < 1.29 is 14.3 Å². The quantitative estimate of drug-likeness (QED) is 0.784. The number of carbonyl (C=O) groups is 2. The SMILES string of the molecule is COC(=O)[C@@H]1CN(CCc2ccccc2)C(=O)C12CC2. The molecule has 0 unspecified atom stereocenters. The van der Waals surface area contributed by atoms with E-state index in [-0.39, 0.29) is 17.8 Å². The fraction of sp³-hybridized carbons (Fsp3) is 0.500. The maximum Gasteiger partial charge on any atom is 0.311 e. The Hall–Kier alpha value is -1.84. The van der Waals surface area contributed by atoms with E-state index in [1.165, 1.54) is 12.7 Å². The van der Waals surface area contributed by atoms with Gasteiger partial charge in [-0.25, -0.2) is 0 Å². The fourth-order valence-electron chi connectivity index (χ4n) is 3.18. The molecule has 1 amide bonds. The lowest BCUT2D eigenvalue weighted by atomic mass is 9.92. The van der Waals surface area contributed by atoms with Crippen molar-refractivity contribution >= 4 is 11.9 Å². The van der Waals surface area contributed by atoms with Gasteiger partial charge in [-0.3, -0.25) is 9.59 Å². The largest absolute Gasteiger partial charge is 0.469 e. The number of hydrogen-bond donors (Lipinski definition) is 0. The second-order valence-corrected chi connectivity index (χ2v) is 5.72. The Morgan fingerprint density at radius 2 is 2.05 bits per heavy atom. The molecule has 1 aliphatic carbocycles. The van der Waals surface area contributed by atoms with Crippen molar-refractivity contribution in [1.82, 2.24) is 4.90 Å². The van der Waals surface area contributed by atoms with Gasteiger partial charge >= 0.3 is 5.97 Å². The zero-order valence-corrected chi connectivity index (χ0v) is 11.7. The zero-order chi connectivity index (χ0) is 14.2. The molecule has 1 aromatic rings. The van der Waals surface area contributed by atoms with Crippen molar-refractivity contribution in [3.8, 4) is 0 Å². The Kier molecular flexibility index (Phi) is 3.24. The van der Waals surface area contributed by atoms with E-state index >= 15 is 0 Å². The van der Waals surface area contributed by atoms with Gasteiger partial charge in [-0.05, 0) is 24.8 Å². The van der Waals surface area contributed by atoms with E-state index in [1.54, 1.807) is 0 Å². The maximum absolute atomic E-state index is 12.5. The average molecular weight is 273 g/mol. The van der Waals surface area contributed by atoms with Crippen LogP contribution in [-0.4, -0.2) is 37.0 Å². The van der Waals surface area contributed by atoms with Gasteiger partial charge in [-0.15, -0.1) is 0 Å². The molecule has 1 atom stereocenters. The maximum atomic E-state index is 12.5. The van der Waals surface area contributed by atoms with E-state index in [2.05, 4.69) is 12.1 Å². The van der Waals surface area contributed by atoms with Gasteiger partial charge < -0.3 is 9.64 Å². The molecule has 0 aromatic heterocycles. The highest BCUT2D eigenvalue weighted by Gasteiger charge is 2.64. The summed E-state index contributed by atoms with van der Waals surface area (Å²) >= 11 is 0. The molecule has 1 saturated carbocycles. The Balaban J connectivity index is 1.67. The molecule has 1 aliphatic heterocycles. The monoisotopic (exact) mass is 273 g/mol. The molecule has 20 heavy (non-hydrogen) atoms. The number of ether oxygens (including phenoxy) is 1. The summed E-state index contributed by atoms with van der Waals surface area (Å²) in [5.74, 6) is -0.363. The minimum atomic E-state index is -0.427. The van der Waals surface area contributed by atoms with Crippen molar-refractivity contribution in [3.63, 3.8) is 0 Å². The van der Waals surface area contributed by atoms with Crippen molar-refractivity contribution in [2.24, 2.45) is 11.3 Å². The van der Waals surface area contributed by atoms with Gasteiger partial charge in [0.2, 0.25) is 5.91 Å². The lowest BCUT2D eigenvalue weighted by Gasteiger charge is -2.16. The topological polar surface area (TPSA) is 46.6 Å². The van der Waals surface area contributed by atoms with Crippen LogP contribution in [0.2, 0.25) is 0 Å². The standard InChI is InChI=1S/C16H19NO3/c1-20-14(18)13-11-17(15(19)16(13)8-9-16)10-7-12-5-3-2-4-6-12/h2-6,13H,7-11H2,1H3/t13-/m0/s1. The molecule has 1 aromatic carbocycles. The number of benzene rings is 1. The number of amides is 1. The summed E-state index contributed by atoms with van der Waals surface area (Å²) in [7, 11) is 1.40. The van der Waals surface area contributed by atoms with Gasteiger partial charge in [0.1, 0.15) is 0 Å². The molecular weight excluding hydrogens is 254 g/mol. The second kappa shape index (κ2) is 4.93. The highest BCUT2D eigenvalue weighted by Crippen LogP contribution is 2.57. The van der Waals surface area contributed by atoms with Crippen LogP contribution in [-0.2, 0) is 20.7 Å². The minimum absolute atomic E-state index is 0.142. The number of carbonyl (C=O) groups excluding carboxylic acids is 2. The molecule has 0 N–H and O–H groups in total. The van der Waals surface area contributed by atoms with Crippen molar-refractivity contribution in [3.05, 3.63) is 35.9 Å². The fourth-order valence-corrected chi connectivity index (χ4v) is 3.18. The number of hydrogen-bond acceptors (Lipinski definition) is 3. The Labute approximate surface area is 118 Å². The highest BCUT2D eigenvalue weighted by molar-refractivity contribution is 5.94. The van der Waals surface area contributed by atoms with Crippen LogP contribution in [0.1, 0.15) is 18.4 Å². The van der Waals surface area contributed by atoms with E-state index in [0.29, 0.717) is 13.1 Å². The predicted molar refractivity (Wildman–Crippen MR) is 73.9 cm³/mol. The molecule has 2 fully saturated rings. The summed E-state index contributed by atoms with van der Waals surface area (Å²) in [5.41, 5.74) is 0.788. The van der Waals surface area contributed by atoms with Crippen LogP contribution in [0, 0.1) is 11.3 Å². The smallest absolute Gasteiger partial charge is 0.311 e. The normalized spacial score (nSPS) is 23.1. The third-order valence-corrected chi connectivity index (χ3v) is 4.57. The molecular formula is C16H19NO3. The first-order valence-corrected chi connectivity index (χ1v) is 7.08. The molecule has 3 rings (SSSR count). The van der Waals surface area contributed by atoms with Crippen LogP contribution in [0.5, 0.6) is 0 Å². The van der Waals surface area contributed by atoms with Crippen molar-refractivity contribution in [2.75, 3.05) is 20.2 Å². The van der Waals surface area contributed by atoms with E-state index in [1.807, 2.05) is 23.1 Å². The summed E-state index contributed by atoms with van der Waals surface area (Å²) < 4.78 is 4.85. The molecule has 1 spiro atoms. The van der Waals surface area contributed by atoms with E-state index in [0.717, 1.165) is 19.3 Å². The Morgan fingerprint density at radius 1 is 1.35 bits per heavy atom. The van der Waals surface area contributed by atoms with Gasteiger partial charge in [0.05, 0.1) is 18.4 Å². The van der Waals surface area contributed by atoms with E-state index < -0.39 is 5.41 Å². The molecule has 2 aliphatic rings. The molecule has 1 heterocycles. The van der Waals surface area contributed by atoms with Gasteiger partial charge in [-0.1, -0.05) is 30.3 Å². The number of methoxy groups -OCH3 is 1. The first-order chi connectivity index (χ1) is 9.67. The first kappa shape index (κ1) is 13.2. The summed E-state index contributed by atoms with van der Waals surface area (Å²) in [4.78, 5) is 26.1. The predicted octanol–water partition coefficient (Wildman–Crippen LogP) is 1.64. The van der Waals surface area contributed by atoms with Crippen LogP contribution < -0.4 is 0 Å². The van der Waals surface area contributed by atoms with Crippen molar-refractivity contribution in [1.29, 1.82) is 0 Å². The Bertz CT molecular complexity index is 522. The molecule has 106 valence electrons. The lowest BCUT2D eigenvalue weighted by molar-refractivity contribution is -0.148. The van der Waals surface area contributed by atoms with Crippen LogP contribution in [0.3, 0.4) is 0 Å². The molecule has 4 nitrogen and oxygen atoms in total. The molecule has 0 radical (unpaired) electrons. The summed E-state index contributed by atoms with van der Waals surface area (Å²) in [6, 6.07) is 10.1. The summed E-state index contributed by atoms with van der Waals surface area (Å²) in [6.07, 6.45) is 2.48. The van der Waals surface area contributed by atoms with E-state index in [9.17, 15) is 9.59 Å². The second-order valence-electron chi connectivity index (χ2n) is 5.72. The number of esters is 1. The van der Waals surface area contributed by atoms with E-state index in [4.69, 9.17) is 4.74 Å². The van der Waals surface area contributed by atoms with Gasteiger partial charge in [0.15, 0.2) is 0 Å². The Morgan fingerprint density at radius 3 is 2.65 bits per heavy atom.